The smallest absolute Gasteiger partial charge is 0.247 e. The zero-order chi connectivity index (χ0) is 9.68. The molecule has 3 heteroatoms. The van der Waals surface area contributed by atoms with Crippen LogP contribution in [-0.2, 0) is 6.54 Å². The van der Waals surface area contributed by atoms with Gasteiger partial charge in [-0.3, -0.25) is 9.69 Å². The Kier molecular flexibility index (Phi) is 3.71. The van der Waals surface area contributed by atoms with Crippen molar-refractivity contribution < 1.29 is 0 Å². The van der Waals surface area contributed by atoms with E-state index in [1.54, 1.807) is 12.3 Å². The summed E-state index contributed by atoms with van der Waals surface area (Å²) < 4.78 is 0. The fourth-order valence-corrected chi connectivity index (χ4v) is 1.25. The van der Waals surface area contributed by atoms with E-state index in [2.05, 4.69) is 23.7 Å². The van der Waals surface area contributed by atoms with Gasteiger partial charge in [-0.05, 0) is 18.7 Å². The lowest BCUT2D eigenvalue weighted by molar-refractivity contribution is 0.295. The second kappa shape index (κ2) is 4.82. The minimum Gasteiger partial charge on any atom is -0.329 e. The molecule has 0 fully saturated rings. The first-order valence-electron chi connectivity index (χ1n) is 4.66. The average molecular weight is 180 g/mol. The molecule has 1 heterocycles. The summed E-state index contributed by atoms with van der Waals surface area (Å²) in [5, 5.41) is 0. The molecule has 0 aliphatic carbocycles. The van der Waals surface area contributed by atoms with Crippen molar-refractivity contribution in [1.29, 1.82) is 0 Å². The summed E-state index contributed by atoms with van der Waals surface area (Å²) in [4.78, 5) is 15.7. The number of hydrogen-bond acceptors (Lipinski definition) is 2. The third-order valence-corrected chi connectivity index (χ3v) is 2.15. The number of hydrogen-bond donors (Lipinski definition) is 1. The van der Waals surface area contributed by atoms with Crippen LogP contribution in [-0.4, -0.2) is 23.0 Å². The zero-order valence-corrected chi connectivity index (χ0v) is 8.21. The van der Waals surface area contributed by atoms with Crippen LogP contribution in [0.3, 0.4) is 0 Å². The van der Waals surface area contributed by atoms with E-state index >= 15 is 0 Å². The van der Waals surface area contributed by atoms with E-state index in [0.717, 1.165) is 25.2 Å². The Morgan fingerprint density at radius 3 is 2.46 bits per heavy atom. The summed E-state index contributed by atoms with van der Waals surface area (Å²) >= 11 is 0. The van der Waals surface area contributed by atoms with Crippen molar-refractivity contribution >= 4 is 0 Å². The molecule has 1 aromatic heterocycles. The van der Waals surface area contributed by atoms with Gasteiger partial charge in [0.1, 0.15) is 0 Å². The van der Waals surface area contributed by atoms with Gasteiger partial charge in [0.15, 0.2) is 0 Å². The highest BCUT2D eigenvalue weighted by molar-refractivity contribution is 5.08. The minimum atomic E-state index is -0.0386. The second-order valence-electron chi connectivity index (χ2n) is 3.02. The third kappa shape index (κ3) is 3.03. The molecule has 0 atom stereocenters. The minimum absolute atomic E-state index is 0.0386. The monoisotopic (exact) mass is 180 g/mol. The second-order valence-corrected chi connectivity index (χ2v) is 3.02. The van der Waals surface area contributed by atoms with E-state index < -0.39 is 0 Å². The molecule has 1 N–H and O–H groups in total. The van der Waals surface area contributed by atoms with E-state index in [9.17, 15) is 4.79 Å². The van der Waals surface area contributed by atoms with E-state index in [4.69, 9.17) is 0 Å². The largest absolute Gasteiger partial charge is 0.329 e. The highest BCUT2D eigenvalue weighted by Gasteiger charge is 1.99. The van der Waals surface area contributed by atoms with Gasteiger partial charge in [-0.25, -0.2) is 0 Å². The lowest BCUT2D eigenvalue weighted by Gasteiger charge is -2.17. The van der Waals surface area contributed by atoms with Gasteiger partial charge in [0, 0.05) is 18.8 Å². The van der Waals surface area contributed by atoms with Crippen LogP contribution in [0, 0.1) is 0 Å². The van der Waals surface area contributed by atoms with Gasteiger partial charge in [-0.1, -0.05) is 19.9 Å². The van der Waals surface area contributed by atoms with Gasteiger partial charge in [-0.15, -0.1) is 0 Å². The molecule has 0 saturated heterocycles. The third-order valence-electron chi connectivity index (χ3n) is 2.15. The number of aromatic nitrogens is 1. The average Bonchev–Trinajstić information content (AvgIpc) is 2.17. The van der Waals surface area contributed by atoms with Crippen LogP contribution >= 0.6 is 0 Å². The van der Waals surface area contributed by atoms with Crippen molar-refractivity contribution in [2.24, 2.45) is 0 Å². The van der Waals surface area contributed by atoms with Gasteiger partial charge in [0.25, 0.3) is 0 Å². The van der Waals surface area contributed by atoms with Crippen LogP contribution in [0.5, 0.6) is 0 Å². The summed E-state index contributed by atoms with van der Waals surface area (Å²) in [6.07, 6.45) is 1.78. The maximum Gasteiger partial charge on any atom is 0.247 e. The summed E-state index contributed by atoms with van der Waals surface area (Å²) in [6, 6.07) is 3.44. The van der Waals surface area contributed by atoms with Crippen LogP contribution in [0.4, 0.5) is 0 Å². The van der Waals surface area contributed by atoms with Crippen LogP contribution in [0.15, 0.2) is 23.1 Å². The molecule has 13 heavy (non-hydrogen) atoms. The van der Waals surface area contributed by atoms with Crippen molar-refractivity contribution in [2.75, 3.05) is 13.1 Å². The van der Waals surface area contributed by atoms with Crippen LogP contribution in [0.25, 0.3) is 0 Å². The molecule has 0 unspecified atom stereocenters. The van der Waals surface area contributed by atoms with Crippen LogP contribution < -0.4 is 5.56 Å². The highest BCUT2D eigenvalue weighted by atomic mass is 16.1. The lowest BCUT2D eigenvalue weighted by atomic mass is 10.2. The molecule has 3 nitrogen and oxygen atoms in total. The molecule has 0 amide bonds. The fourth-order valence-electron chi connectivity index (χ4n) is 1.25. The van der Waals surface area contributed by atoms with Gasteiger partial charge in [0.05, 0.1) is 0 Å². The Labute approximate surface area is 78.4 Å². The van der Waals surface area contributed by atoms with Crippen LogP contribution in [0.2, 0.25) is 0 Å². The number of rotatable bonds is 4. The first kappa shape index (κ1) is 9.99. The van der Waals surface area contributed by atoms with Crippen molar-refractivity contribution in [3.63, 3.8) is 0 Å². The van der Waals surface area contributed by atoms with Crippen LogP contribution in [0.1, 0.15) is 19.4 Å². The van der Waals surface area contributed by atoms with E-state index in [1.165, 1.54) is 0 Å². The van der Waals surface area contributed by atoms with Crippen molar-refractivity contribution in [3.05, 3.63) is 34.2 Å². The molecule has 0 radical (unpaired) electrons. The highest BCUT2D eigenvalue weighted by Crippen LogP contribution is 1.99. The summed E-state index contributed by atoms with van der Waals surface area (Å²) in [5.74, 6) is 0. The molecule has 72 valence electrons. The van der Waals surface area contributed by atoms with Gasteiger partial charge < -0.3 is 4.98 Å². The Morgan fingerprint density at radius 1 is 1.31 bits per heavy atom. The first-order valence-corrected chi connectivity index (χ1v) is 4.66. The number of aromatic amines is 1. The molecule has 1 aromatic rings. The van der Waals surface area contributed by atoms with E-state index in [1.807, 2.05) is 6.07 Å². The number of nitrogens with one attached hydrogen (secondary N) is 1. The number of nitrogens with zero attached hydrogens (tertiary/aromatic N) is 1. The topological polar surface area (TPSA) is 36.1 Å². The zero-order valence-electron chi connectivity index (χ0n) is 8.21. The van der Waals surface area contributed by atoms with Crippen molar-refractivity contribution in [1.82, 2.24) is 9.88 Å². The predicted octanol–water partition coefficient (Wildman–Crippen LogP) is 1.22. The van der Waals surface area contributed by atoms with Crippen molar-refractivity contribution in [2.45, 2.75) is 20.4 Å². The maximum atomic E-state index is 10.8. The molecule has 0 aliphatic rings. The van der Waals surface area contributed by atoms with Gasteiger partial charge >= 0.3 is 0 Å². The predicted molar refractivity (Wildman–Crippen MR) is 53.7 cm³/mol. The van der Waals surface area contributed by atoms with Crippen molar-refractivity contribution in [3.8, 4) is 0 Å². The molecular formula is C10H16N2O. The number of pyridine rings is 1. The lowest BCUT2D eigenvalue weighted by Crippen LogP contribution is -2.22. The summed E-state index contributed by atoms with van der Waals surface area (Å²) in [6.45, 7) is 7.25. The molecule has 0 aromatic carbocycles. The fraction of sp³-hybridized carbons (Fsp3) is 0.500. The molecule has 0 aliphatic heterocycles. The van der Waals surface area contributed by atoms with E-state index in [0.29, 0.717) is 0 Å². The molecular weight excluding hydrogens is 164 g/mol. The summed E-state index contributed by atoms with van der Waals surface area (Å²) in [5.41, 5.74) is 1.12. The Morgan fingerprint density at radius 2 is 2.00 bits per heavy atom. The van der Waals surface area contributed by atoms with Gasteiger partial charge in [-0.2, -0.15) is 0 Å². The quantitative estimate of drug-likeness (QED) is 0.756. The normalized spacial score (nSPS) is 10.7. The SMILES string of the molecule is CCN(CC)Cc1ccc(=O)[nH]c1. The molecule has 0 saturated carbocycles. The summed E-state index contributed by atoms with van der Waals surface area (Å²) in [7, 11) is 0. The number of H-pyrrole nitrogens is 1. The molecule has 0 bridgehead atoms. The Bertz CT molecular complexity index is 282. The Balaban J connectivity index is 2.63. The maximum absolute atomic E-state index is 10.8. The molecule has 0 spiro atoms. The first-order chi connectivity index (χ1) is 6.26. The standard InChI is InChI=1S/C10H16N2O/c1-3-12(4-2)8-9-5-6-10(13)11-7-9/h5-7H,3-4,8H2,1-2H3,(H,11,13). The van der Waals surface area contributed by atoms with Gasteiger partial charge in [0.2, 0.25) is 5.56 Å². The van der Waals surface area contributed by atoms with E-state index in [-0.39, 0.29) is 5.56 Å². The molecule has 1 rings (SSSR count). The Hall–Kier alpha value is -1.09.